The number of esters is 1. The van der Waals surface area contributed by atoms with E-state index in [1.165, 1.54) is 0 Å². The molecule has 11 heteroatoms. The lowest BCUT2D eigenvalue weighted by Crippen LogP contribution is -2.56. The Balaban J connectivity index is 1.44. The molecule has 6 rings (SSSR count). The summed E-state index contributed by atoms with van der Waals surface area (Å²) in [6, 6.07) is 13.5. The number of likely N-dealkylation sites (tertiary alicyclic amines) is 1. The molecule has 0 aromatic heterocycles. The first kappa shape index (κ1) is 35.0. The SMILES string of the molecule is Cc1ccc(C)c(N2C/C=C\CCC(=O)OC[C@@H](c3ccccc3)NC(=O)[C@@H]3[C@H]4O[C@@]5(C=C4Br)[C@H](C2=O)N(CCCCCCO)C(=O)[C@@H]35)c1. The minimum atomic E-state index is -1.37. The molecule has 4 aliphatic rings. The average molecular weight is 735 g/mol. The molecule has 0 saturated carbocycles. The molecule has 260 valence electrons. The summed E-state index contributed by atoms with van der Waals surface area (Å²) in [5.41, 5.74) is 1.99. The monoisotopic (exact) mass is 733 g/mol. The number of nitrogens with one attached hydrogen (secondary N) is 1. The molecule has 1 spiro atoms. The van der Waals surface area contributed by atoms with Crippen molar-refractivity contribution in [3.63, 3.8) is 0 Å². The molecule has 2 aromatic rings. The number of nitrogens with zero attached hydrogens (tertiary/aromatic N) is 2. The Labute approximate surface area is 295 Å². The van der Waals surface area contributed by atoms with Gasteiger partial charge in [0.15, 0.2) is 0 Å². The number of hydrogen-bond donors (Lipinski definition) is 2. The summed E-state index contributed by atoms with van der Waals surface area (Å²) < 4.78 is 13.0. The van der Waals surface area contributed by atoms with Crippen molar-refractivity contribution in [1.82, 2.24) is 10.2 Å². The standard InChI is InChI=1S/C38H44BrN3O7/c1-24-16-17-25(2)29(21-24)41-18-11-6-9-15-30(44)48-23-28(26-13-7-5-8-14-26)40-35(45)31-32-36(46)42(19-10-3-4-12-20-43)34(37(41)47)38(32)22-27(39)33(31)49-38/h5-8,11,13-14,16-17,21-22,28,31-34,43H,3-4,9-10,12,15,18-20,23H2,1-2H3,(H,40,45)/b11-6-/t28-,31-,32+,33-,34-,38+/m0/s1. The van der Waals surface area contributed by atoms with E-state index in [9.17, 15) is 19.5 Å². The minimum Gasteiger partial charge on any atom is -0.463 e. The molecule has 0 unspecified atom stereocenters. The topological polar surface area (TPSA) is 125 Å². The molecule has 10 nitrogen and oxygen atoms in total. The van der Waals surface area contributed by atoms with E-state index in [0.717, 1.165) is 35.2 Å². The Morgan fingerprint density at radius 3 is 2.53 bits per heavy atom. The molecule has 2 aromatic carbocycles. The maximum atomic E-state index is 15.1. The normalized spacial score (nSPS) is 29.5. The van der Waals surface area contributed by atoms with E-state index in [4.69, 9.17) is 9.47 Å². The second-order valence-electron chi connectivity index (χ2n) is 13.4. The van der Waals surface area contributed by atoms with Crippen LogP contribution in [0.15, 0.2) is 71.2 Å². The molecule has 3 amide bonds. The first-order chi connectivity index (χ1) is 23.7. The quantitative estimate of drug-likeness (QED) is 0.227. The van der Waals surface area contributed by atoms with Gasteiger partial charge in [0.25, 0.3) is 5.91 Å². The van der Waals surface area contributed by atoms with Crippen molar-refractivity contribution in [2.45, 2.75) is 76.2 Å². The zero-order valence-corrected chi connectivity index (χ0v) is 29.6. The van der Waals surface area contributed by atoms with Crippen molar-refractivity contribution in [2.75, 3.05) is 31.2 Å². The molecular weight excluding hydrogens is 690 g/mol. The molecule has 4 heterocycles. The highest BCUT2D eigenvalue weighted by molar-refractivity contribution is 9.11. The van der Waals surface area contributed by atoms with Crippen LogP contribution in [0.4, 0.5) is 5.69 Å². The van der Waals surface area contributed by atoms with Crippen molar-refractivity contribution in [3.8, 4) is 0 Å². The summed E-state index contributed by atoms with van der Waals surface area (Å²) >= 11 is 3.64. The van der Waals surface area contributed by atoms with Gasteiger partial charge in [0, 0.05) is 36.3 Å². The van der Waals surface area contributed by atoms with E-state index < -0.39 is 47.5 Å². The van der Waals surface area contributed by atoms with Gasteiger partial charge >= 0.3 is 5.97 Å². The highest BCUT2D eigenvalue weighted by atomic mass is 79.9. The number of aryl methyl sites for hydroxylation is 2. The number of amides is 3. The lowest BCUT2D eigenvalue weighted by atomic mass is 9.74. The predicted octanol–water partition coefficient (Wildman–Crippen LogP) is 4.81. The molecule has 5 bridgehead atoms. The number of aliphatic hydroxyl groups excluding tert-OH is 1. The van der Waals surface area contributed by atoms with Crippen molar-refractivity contribution in [3.05, 3.63) is 87.9 Å². The van der Waals surface area contributed by atoms with Gasteiger partial charge in [-0.2, -0.15) is 0 Å². The van der Waals surface area contributed by atoms with Crippen molar-refractivity contribution in [2.24, 2.45) is 11.8 Å². The number of allylic oxidation sites excluding steroid dienone is 1. The zero-order chi connectivity index (χ0) is 34.7. The van der Waals surface area contributed by atoms with Crippen LogP contribution in [-0.2, 0) is 28.7 Å². The summed E-state index contributed by atoms with van der Waals surface area (Å²) in [5, 5.41) is 12.4. The number of aliphatic hydroxyl groups is 1. The van der Waals surface area contributed by atoms with Gasteiger partial charge in [-0.1, -0.05) is 83.4 Å². The maximum absolute atomic E-state index is 15.1. The summed E-state index contributed by atoms with van der Waals surface area (Å²) in [7, 11) is 0. The Morgan fingerprint density at radius 1 is 0.980 bits per heavy atom. The van der Waals surface area contributed by atoms with Crippen LogP contribution in [0.3, 0.4) is 0 Å². The number of fused-ring (bicyclic) bond motifs is 2. The molecule has 2 saturated heterocycles. The number of halogens is 1. The van der Waals surface area contributed by atoms with E-state index in [1.807, 2.05) is 80.6 Å². The number of ether oxygens (including phenoxy) is 2. The van der Waals surface area contributed by atoms with E-state index >= 15 is 4.79 Å². The highest BCUT2D eigenvalue weighted by Gasteiger charge is 2.74. The van der Waals surface area contributed by atoms with Crippen molar-refractivity contribution < 1.29 is 33.8 Å². The maximum Gasteiger partial charge on any atom is 0.306 e. The first-order valence-electron chi connectivity index (χ1n) is 17.2. The second kappa shape index (κ2) is 15.0. The number of cyclic esters (lactones) is 1. The fraction of sp³-hybridized carbons (Fsp3) is 0.474. The van der Waals surface area contributed by atoms with Crippen LogP contribution in [0, 0.1) is 25.7 Å². The van der Waals surface area contributed by atoms with Crippen molar-refractivity contribution >= 4 is 45.3 Å². The minimum absolute atomic E-state index is 0.0706. The summed E-state index contributed by atoms with van der Waals surface area (Å²) in [5.74, 6) is -3.26. The Bertz CT molecular complexity index is 1640. The van der Waals surface area contributed by atoms with Crippen molar-refractivity contribution in [1.29, 1.82) is 0 Å². The predicted molar refractivity (Wildman–Crippen MR) is 188 cm³/mol. The highest BCUT2D eigenvalue weighted by Crippen LogP contribution is 2.59. The lowest BCUT2D eigenvalue weighted by Gasteiger charge is -2.36. The fourth-order valence-corrected chi connectivity index (χ4v) is 8.41. The van der Waals surface area contributed by atoms with Gasteiger partial charge in [-0.15, -0.1) is 0 Å². The largest absolute Gasteiger partial charge is 0.463 e. The number of benzene rings is 2. The van der Waals surface area contributed by atoms with Crippen LogP contribution >= 0.6 is 15.9 Å². The molecular formula is C38H44BrN3O7. The number of anilines is 1. The van der Waals surface area contributed by atoms with Gasteiger partial charge in [0.05, 0.1) is 17.9 Å². The van der Waals surface area contributed by atoms with E-state index in [2.05, 4.69) is 21.2 Å². The number of carbonyl (C=O) groups excluding carboxylic acids is 4. The smallest absolute Gasteiger partial charge is 0.306 e. The van der Waals surface area contributed by atoms with Crippen LogP contribution in [0.5, 0.6) is 0 Å². The summed E-state index contributed by atoms with van der Waals surface area (Å²) in [6.07, 6.45) is 8.23. The van der Waals surface area contributed by atoms with Crippen LogP contribution in [-0.4, -0.2) is 77.7 Å². The molecule has 2 N–H and O–H groups in total. The lowest BCUT2D eigenvalue weighted by molar-refractivity contribution is -0.145. The Kier molecular flexibility index (Phi) is 10.7. The third-order valence-electron chi connectivity index (χ3n) is 10.1. The summed E-state index contributed by atoms with van der Waals surface area (Å²) in [4.78, 5) is 60.2. The summed E-state index contributed by atoms with van der Waals surface area (Å²) in [6.45, 7) is 4.46. The van der Waals surface area contributed by atoms with E-state index in [1.54, 1.807) is 9.80 Å². The first-order valence-corrected chi connectivity index (χ1v) is 18.0. The fourth-order valence-electron chi connectivity index (χ4n) is 7.67. The van der Waals surface area contributed by atoms with Gasteiger partial charge in [0.1, 0.15) is 24.4 Å². The molecule has 4 aliphatic heterocycles. The van der Waals surface area contributed by atoms with Crippen LogP contribution in [0.25, 0.3) is 0 Å². The number of rotatable bonds is 8. The molecule has 49 heavy (non-hydrogen) atoms. The van der Waals surface area contributed by atoms with Gasteiger partial charge in [-0.05, 0) is 61.9 Å². The van der Waals surface area contributed by atoms with Crippen LogP contribution in [0.2, 0.25) is 0 Å². The van der Waals surface area contributed by atoms with Crippen LogP contribution in [0.1, 0.15) is 61.3 Å². The zero-order valence-electron chi connectivity index (χ0n) is 28.0. The van der Waals surface area contributed by atoms with E-state index in [0.29, 0.717) is 30.3 Å². The average Bonchev–Trinajstić information content (AvgIpc) is 3.68. The van der Waals surface area contributed by atoms with Gasteiger partial charge in [-0.25, -0.2) is 0 Å². The second-order valence-corrected chi connectivity index (χ2v) is 14.3. The van der Waals surface area contributed by atoms with Gasteiger partial charge in [0.2, 0.25) is 11.8 Å². The third-order valence-corrected chi connectivity index (χ3v) is 10.8. The Hall–Kier alpha value is -3.80. The number of unbranched alkanes of at least 4 members (excludes halogenated alkanes) is 3. The Morgan fingerprint density at radius 2 is 1.76 bits per heavy atom. The number of carbonyl (C=O) groups is 4. The number of hydrogen-bond acceptors (Lipinski definition) is 7. The van der Waals surface area contributed by atoms with Gasteiger partial charge < -0.3 is 29.7 Å². The third kappa shape index (κ3) is 6.85. The molecule has 2 fully saturated rings. The molecule has 6 atom stereocenters. The molecule has 0 aliphatic carbocycles. The van der Waals surface area contributed by atoms with Gasteiger partial charge in [-0.3, -0.25) is 19.2 Å². The van der Waals surface area contributed by atoms with E-state index in [-0.39, 0.29) is 38.0 Å². The molecule has 0 radical (unpaired) electrons. The van der Waals surface area contributed by atoms with Crippen LogP contribution < -0.4 is 10.2 Å².